The van der Waals surface area contributed by atoms with Gasteiger partial charge < -0.3 is 5.32 Å². The van der Waals surface area contributed by atoms with Crippen LogP contribution >= 0.6 is 0 Å². The first-order valence-corrected chi connectivity index (χ1v) is 5.06. The molecule has 0 aliphatic rings. The summed E-state index contributed by atoms with van der Waals surface area (Å²) in [5.74, 6) is 0. The third-order valence-electron chi connectivity index (χ3n) is 2.03. The molecule has 0 aromatic rings. The topological polar surface area (TPSA) is 12.0 Å². The summed E-state index contributed by atoms with van der Waals surface area (Å²) in [6, 6.07) is 0. The third-order valence-corrected chi connectivity index (χ3v) is 2.03. The fourth-order valence-electron chi connectivity index (χ4n) is 1.26. The molecule has 0 radical (unpaired) electrons. The number of nitrogens with one attached hydrogen (secondary N) is 1. The summed E-state index contributed by atoms with van der Waals surface area (Å²) in [7, 11) is 2.02. The second-order valence-electron chi connectivity index (χ2n) is 3.22. The van der Waals surface area contributed by atoms with Gasteiger partial charge in [-0.15, -0.1) is 0 Å². The summed E-state index contributed by atoms with van der Waals surface area (Å²) in [5.41, 5.74) is 0. The van der Waals surface area contributed by atoms with Crippen molar-refractivity contribution in [3.05, 3.63) is 0 Å². The van der Waals surface area contributed by atoms with Crippen LogP contribution in [0.3, 0.4) is 0 Å². The van der Waals surface area contributed by atoms with Crippen LogP contribution in [0.2, 0.25) is 0 Å². The highest BCUT2D eigenvalue weighted by molar-refractivity contribution is 4.46. The Bertz CT molecular complexity index is 53.9. The molecule has 0 heterocycles. The van der Waals surface area contributed by atoms with Crippen LogP contribution in [-0.4, -0.2) is 13.6 Å². The van der Waals surface area contributed by atoms with Gasteiger partial charge in [-0.2, -0.15) is 0 Å². The van der Waals surface area contributed by atoms with Crippen molar-refractivity contribution in [2.45, 2.75) is 51.9 Å². The first-order chi connectivity index (χ1) is 5.41. The van der Waals surface area contributed by atoms with Crippen molar-refractivity contribution in [2.75, 3.05) is 13.6 Å². The van der Waals surface area contributed by atoms with Gasteiger partial charge in [0.1, 0.15) is 0 Å². The maximum atomic E-state index is 3.17. The molecule has 1 heteroatoms. The second kappa shape index (κ2) is 9.96. The predicted molar refractivity (Wildman–Crippen MR) is 51.9 cm³/mol. The minimum atomic E-state index is 1.19. The number of rotatable bonds is 8. The van der Waals surface area contributed by atoms with E-state index >= 15 is 0 Å². The number of hydrogen-bond acceptors (Lipinski definition) is 1. The molecule has 0 saturated heterocycles. The quantitative estimate of drug-likeness (QED) is 0.534. The van der Waals surface area contributed by atoms with Gasteiger partial charge in [-0.05, 0) is 20.0 Å². The SMILES string of the molecule is CCCCCCCCCNC. The molecule has 0 bridgehead atoms. The smallest absolute Gasteiger partial charge is 0.00519 e. The molecule has 0 unspecified atom stereocenters. The molecule has 0 aromatic heterocycles. The van der Waals surface area contributed by atoms with E-state index in [-0.39, 0.29) is 0 Å². The summed E-state index contributed by atoms with van der Waals surface area (Å²) in [6.45, 7) is 3.45. The van der Waals surface area contributed by atoms with Crippen molar-refractivity contribution >= 4 is 0 Å². The predicted octanol–water partition coefficient (Wildman–Crippen LogP) is 2.96. The van der Waals surface area contributed by atoms with Crippen LogP contribution in [0.4, 0.5) is 0 Å². The van der Waals surface area contributed by atoms with E-state index in [1.807, 2.05) is 7.05 Å². The van der Waals surface area contributed by atoms with Crippen molar-refractivity contribution in [1.29, 1.82) is 0 Å². The van der Waals surface area contributed by atoms with Crippen LogP contribution < -0.4 is 5.32 Å². The zero-order valence-electron chi connectivity index (χ0n) is 8.16. The summed E-state index contributed by atoms with van der Waals surface area (Å²) >= 11 is 0. The highest BCUT2D eigenvalue weighted by Gasteiger charge is 1.88. The lowest BCUT2D eigenvalue weighted by atomic mass is 10.1. The summed E-state index contributed by atoms with van der Waals surface area (Å²) in [4.78, 5) is 0. The fourth-order valence-corrected chi connectivity index (χ4v) is 1.26. The Balaban J connectivity index is 2.69. The van der Waals surface area contributed by atoms with Crippen molar-refractivity contribution < 1.29 is 0 Å². The van der Waals surface area contributed by atoms with Gasteiger partial charge in [-0.3, -0.25) is 0 Å². The van der Waals surface area contributed by atoms with Crippen LogP contribution in [0.5, 0.6) is 0 Å². The van der Waals surface area contributed by atoms with Crippen LogP contribution in [0.1, 0.15) is 51.9 Å². The Morgan fingerprint density at radius 1 is 0.818 bits per heavy atom. The average molecular weight is 157 g/mol. The molecule has 0 aliphatic heterocycles. The summed E-state index contributed by atoms with van der Waals surface area (Å²) in [5, 5.41) is 3.17. The van der Waals surface area contributed by atoms with E-state index in [9.17, 15) is 0 Å². The zero-order chi connectivity index (χ0) is 8.36. The molecule has 0 rings (SSSR count). The number of unbranched alkanes of at least 4 members (excludes halogenated alkanes) is 6. The first kappa shape index (κ1) is 11.0. The molecule has 11 heavy (non-hydrogen) atoms. The Hall–Kier alpha value is -0.0400. The monoisotopic (exact) mass is 157 g/mol. The van der Waals surface area contributed by atoms with Gasteiger partial charge in [0.2, 0.25) is 0 Å². The van der Waals surface area contributed by atoms with Gasteiger partial charge in [-0.25, -0.2) is 0 Å². The van der Waals surface area contributed by atoms with Gasteiger partial charge in [0.05, 0.1) is 0 Å². The molecule has 0 saturated carbocycles. The molecular formula is C10H23N. The lowest BCUT2D eigenvalue weighted by molar-refractivity contribution is 0.578. The van der Waals surface area contributed by atoms with Gasteiger partial charge >= 0.3 is 0 Å². The van der Waals surface area contributed by atoms with E-state index < -0.39 is 0 Å². The fraction of sp³-hybridized carbons (Fsp3) is 1.00. The second-order valence-corrected chi connectivity index (χ2v) is 3.22. The molecule has 0 spiro atoms. The summed E-state index contributed by atoms with van der Waals surface area (Å²) in [6.07, 6.45) is 9.85. The van der Waals surface area contributed by atoms with E-state index in [0.29, 0.717) is 0 Å². The van der Waals surface area contributed by atoms with E-state index in [0.717, 1.165) is 0 Å². The van der Waals surface area contributed by atoms with Gasteiger partial charge in [0.25, 0.3) is 0 Å². The van der Waals surface area contributed by atoms with Crippen molar-refractivity contribution in [3.8, 4) is 0 Å². The normalized spacial score (nSPS) is 10.4. The highest BCUT2D eigenvalue weighted by Crippen LogP contribution is 2.05. The standard InChI is InChI=1S/C10H23N/c1-3-4-5-6-7-8-9-10-11-2/h11H,3-10H2,1-2H3. The first-order valence-electron chi connectivity index (χ1n) is 5.06. The van der Waals surface area contributed by atoms with Crippen LogP contribution in [0.25, 0.3) is 0 Å². The molecule has 0 aromatic carbocycles. The highest BCUT2D eigenvalue weighted by atomic mass is 14.8. The Morgan fingerprint density at radius 3 is 1.91 bits per heavy atom. The average Bonchev–Trinajstić information content (AvgIpc) is 2.03. The van der Waals surface area contributed by atoms with E-state index in [1.54, 1.807) is 0 Å². The summed E-state index contributed by atoms with van der Waals surface area (Å²) < 4.78 is 0. The van der Waals surface area contributed by atoms with Crippen molar-refractivity contribution in [3.63, 3.8) is 0 Å². The molecule has 0 amide bonds. The van der Waals surface area contributed by atoms with Gasteiger partial charge in [0.15, 0.2) is 0 Å². The minimum absolute atomic E-state index is 1.19. The lowest BCUT2D eigenvalue weighted by Gasteiger charge is -1.99. The van der Waals surface area contributed by atoms with Crippen LogP contribution in [0.15, 0.2) is 0 Å². The van der Waals surface area contributed by atoms with Crippen molar-refractivity contribution in [2.24, 2.45) is 0 Å². The van der Waals surface area contributed by atoms with E-state index in [4.69, 9.17) is 0 Å². The minimum Gasteiger partial charge on any atom is -0.320 e. The molecule has 68 valence electrons. The zero-order valence-corrected chi connectivity index (χ0v) is 8.16. The third kappa shape index (κ3) is 9.96. The van der Waals surface area contributed by atoms with Crippen LogP contribution in [-0.2, 0) is 0 Å². The van der Waals surface area contributed by atoms with Gasteiger partial charge in [-0.1, -0.05) is 45.4 Å². The van der Waals surface area contributed by atoms with Gasteiger partial charge in [0, 0.05) is 0 Å². The molecule has 0 fully saturated rings. The molecule has 1 nitrogen and oxygen atoms in total. The molecule has 0 aliphatic carbocycles. The van der Waals surface area contributed by atoms with Crippen molar-refractivity contribution in [1.82, 2.24) is 5.32 Å². The lowest BCUT2D eigenvalue weighted by Crippen LogP contribution is -2.06. The van der Waals surface area contributed by atoms with E-state index in [2.05, 4.69) is 12.2 Å². The van der Waals surface area contributed by atoms with E-state index in [1.165, 1.54) is 51.5 Å². The molecule has 0 atom stereocenters. The largest absolute Gasteiger partial charge is 0.320 e. The molecular weight excluding hydrogens is 134 g/mol. The maximum absolute atomic E-state index is 3.17. The Morgan fingerprint density at radius 2 is 1.36 bits per heavy atom. The maximum Gasteiger partial charge on any atom is -0.00519 e. The number of hydrogen-bond donors (Lipinski definition) is 1. The Kier molecular flexibility index (Phi) is 9.92. The molecule has 1 N–H and O–H groups in total. The van der Waals surface area contributed by atoms with Crippen LogP contribution in [0, 0.1) is 0 Å². The Labute approximate surface area is 71.6 Å².